The van der Waals surface area contributed by atoms with Crippen LogP contribution in [-0.2, 0) is 23.8 Å². The second kappa shape index (κ2) is 8.38. The lowest BCUT2D eigenvalue weighted by Crippen LogP contribution is -2.44. The molecule has 0 saturated heterocycles. The molecule has 0 radical (unpaired) electrons. The van der Waals surface area contributed by atoms with Gasteiger partial charge in [0.15, 0.2) is 0 Å². The van der Waals surface area contributed by atoms with E-state index in [0.717, 1.165) is 11.8 Å². The molecule has 0 heterocycles. The molecule has 0 saturated carbocycles. The van der Waals surface area contributed by atoms with Crippen molar-refractivity contribution in [3.05, 3.63) is 42.5 Å². The zero-order valence-electron chi connectivity index (χ0n) is 13.2. The fraction of sp³-hybridized carbons (Fsp3) is 0.312. The van der Waals surface area contributed by atoms with E-state index < -0.39 is 22.7 Å². The Morgan fingerprint density at radius 2 is 1.57 bits per heavy atom. The SMILES string of the molecule is C=CCC(Sc1ccc(C(=O)OC)cc1)(C(=O)OC)C(=O)OC. The number of carbonyl (C=O) groups is 3. The number of allylic oxidation sites excluding steroid dienone is 1. The molecule has 1 aromatic carbocycles. The molecule has 0 atom stereocenters. The van der Waals surface area contributed by atoms with Gasteiger partial charge in [-0.05, 0) is 24.3 Å². The molecule has 0 unspecified atom stereocenters. The van der Waals surface area contributed by atoms with Gasteiger partial charge in [-0.15, -0.1) is 6.58 Å². The summed E-state index contributed by atoms with van der Waals surface area (Å²) in [5.41, 5.74) is 0.363. The van der Waals surface area contributed by atoms with E-state index in [1.54, 1.807) is 24.3 Å². The maximum absolute atomic E-state index is 12.2. The van der Waals surface area contributed by atoms with E-state index in [9.17, 15) is 14.4 Å². The standard InChI is InChI=1S/C16H18O6S/c1-5-10-16(14(18)21-3,15(19)22-4)23-12-8-6-11(7-9-12)13(17)20-2/h5-9H,1,10H2,2-4H3. The van der Waals surface area contributed by atoms with Crippen molar-refractivity contribution in [1.29, 1.82) is 0 Å². The van der Waals surface area contributed by atoms with Crippen LogP contribution in [0.2, 0.25) is 0 Å². The van der Waals surface area contributed by atoms with Crippen LogP contribution in [0.4, 0.5) is 0 Å². The Kier molecular flexibility index (Phi) is 6.84. The number of benzene rings is 1. The molecule has 0 fully saturated rings. The smallest absolute Gasteiger partial charge is 0.337 e. The van der Waals surface area contributed by atoms with Crippen molar-refractivity contribution in [3.63, 3.8) is 0 Å². The second-order valence-corrected chi connectivity index (χ2v) is 5.79. The van der Waals surface area contributed by atoms with Crippen LogP contribution >= 0.6 is 11.8 Å². The molecule has 124 valence electrons. The lowest BCUT2D eigenvalue weighted by Gasteiger charge is -2.26. The highest BCUT2D eigenvalue weighted by atomic mass is 32.2. The average molecular weight is 338 g/mol. The van der Waals surface area contributed by atoms with Crippen molar-refractivity contribution in [3.8, 4) is 0 Å². The first-order chi connectivity index (χ1) is 10.9. The minimum absolute atomic E-state index is 0.0375. The summed E-state index contributed by atoms with van der Waals surface area (Å²) >= 11 is 0.982. The van der Waals surface area contributed by atoms with Crippen LogP contribution in [0.1, 0.15) is 16.8 Å². The van der Waals surface area contributed by atoms with Gasteiger partial charge in [-0.25, -0.2) is 14.4 Å². The Morgan fingerprint density at radius 1 is 1.04 bits per heavy atom. The summed E-state index contributed by atoms with van der Waals surface area (Å²) in [5, 5.41) is 0. The molecule has 7 heteroatoms. The van der Waals surface area contributed by atoms with Crippen molar-refractivity contribution < 1.29 is 28.6 Å². The lowest BCUT2D eigenvalue weighted by molar-refractivity contribution is -0.155. The van der Waals surface area contributed by atoms with Gasteiger partial charge in [0.1, 0.15) is 0 Å². The molecular weight excluding hydrogens is 320 g/mol. The first kappa shape index (κ1) is 18.8. The average Bonchev–Trinajstić information content (AvgIpc) is 2.59. The van der Waals surface area contributed by atoms with Crippen LogP contribution < -0.4 is 0 Å². The number of esters is 3. The van der Waals surface area contributed by atoms with Crippen molar-refractivity contribution in [1.82, 2.24) is 0 Å². The molecule has 0 aromatic heterocycles. The number of rotatable bonds is 7. The third-order valence-corrected chi connectivity index (χ3v) is 4.39. The molecule has 0 aliphatic heterocycles. The van der Waals surface area contributed by atoms with Gasteiger partial charge >= 0.3 is 17.9 Å². The summed E-state index contributed by atoms with van der Waals surface area (Å²) in [6, 6.07) is 6.31. The number of thioether (sulfide) groups is 1. The Hall–Kier alpha value is -2.28. The molecule has 0 N–H and O–H groups in total. The quantitative estimate of drug-likeness (QED) is 0.248. The molecule has 0 spiro atoms. The minimum Gasteiger partial charge on any atom is -0.468 e. The molecule has 1 aromatic rings. The number of ether oxygens (including phenoxy) is 3. The first-order valence-corrected chi connectivity index (χ1v) is 7.42. The number of hydrogen-bond donors (Lipinski definition) is 0. The highest BCUT2D eigenvalue weighted by molar-refractivity contribution is 8.02. The topological polar surface area (TPSA) is 78.9 Å². The predicted molar refractivity (Wildman–Crippen MR) is 85.2 cm³/mol. The number of methoxy groups -OCH3 is 3. The van der Waals surface area contributed by atoms with Crippen LogP contribution in [0.15, 0.2) is 41.8 Å². The van der Waals surface area contributed by atoms with Crippen LogP contribution in [-0.4, -0.2) is 44.0 Å². The Bertz CT molecular complexity index is 577. The van der Waals surface area contributed by atoms with Crippen molar-refractivity contribution in [2.24, 2.45) is 0 Å². The van der Waals surface area contributed by atoms with Gasteiger partial charge < -0.3 is 14.2 Å². The monoisotopic (exact) mass is 338 g/mol. The summed E-state index contributed by atoms with van der Waals surface area (Å²) in [5.74, 6) is -1.93. The molecule has 0 aliphatic carbocycles. The van der Waals surface area contributed by atoms with E-state index in [4.69, 9.17) is 9.47 Å². The normalized spacial score (nSPS) is 10.6. The molecule has 0 bridgehead atoms. The number of carbonyl (C=O) groups excluding carboxylic acids is 3. The third-order valence-electron chi connectivity index (χ3n) is 3.03. The van der Waals surface area contributed by atoms with Gasteiger partial charge in [0.2, 0.25) is 4.75 Å². The molecule has 0 aliphatic rings. The maximum atomic E-state index is 12.2. The fourth-order valence-electron chi connectivity index (χ4n) is 1.89. The van der Waals surface area contributed by atoms with E-state index in [0.29, 0.717) is 10.5 Å². The molecule has 23 heavy (non-hydrogen) atoms. The summed E-state index contributed by atoms with van der Waals surface area (Å²) in [6.45, 7) is 3.58. The molecular formula is C16H18O6S. The Labute approximate surface area is 138 Å². The van der Waals surface area contributed by atoms with Crippen molar-refractivity contribution >= 4 is 29.7 Å². The van der Waals surface area contributed by atoms with Gasteiger partial charge in [0.05, 0.1) is 26.9 Å². The van der Waals surface area contributed by atoms with E-state index >= 15 is 0 Å². The van der Waals surface area contributed by atoms with Gasteiger partial charge in [0, 0.05) is 11.3 Å². The summed E-state index contributed by atoms with van der Waals surface area (Å²) in [7, 11) is 3.68. The molecule has 6 nitrogen and oxygen atoms in total. The number of hydrogen-bond acceptors (Lipinski definition) is 7. The minimum atomic E-state index is -1.59. The highest BCUT2D eigenvalue weighted by Gasteiger charge is 2.48. The van der Waals surface area contributed by atoms with Gasteiger partial charge in [-0.1, -0.05) is 17.8 Å². The highest BCUT2D eigenvalue weighted by Crippen LogP contribution is 2.38. The zero-order chi connectivity index (χ0) is 17.5. The van der Waals surface area contributed by atoms with Gasteiger partial charge in [-0.3, -0.25) is 0 Å². The second-order valence-electron chi connectivity index (χ2n) is 4.42. The van der Waals surface area contributed by atoms with E-state index in [-0.39, 0.29) is 6.42 Å². The zero-order valence-corrected chi connectivity index (χ0v) is 14.0. The van der Waals surface area contributed by atoms with Crippen LogP contribution in [0, 0.1) is 0 Å². The van der Waals surface area contributed by atoms with Crippen LogP contribution in [0.5, 0.6) is 0 Å². The van der Waals surface area contributed by atoms with Gasteiger partial charge in [0.25, 0.3) is 0 Å². The lowest BCUT2D eigenvalue weighted by atomic mass is 10.1. The van der Waals surface area contributed by atoms with E-state index in [2.05, 4.69) is 11.3 Å². The third kappa shape index (κ3) is 4.13. The molecule has 1 rings (SSSR count). The van der Waals surface area contributed by atoms with E-state index in [1.807, 2.05) is 0 Å². The summed E-state index contributed by atoms with van der Waals surface area (Å²) in [4.78, 5) is 36.4. The largest absolute Gasteiger partial charge is 0.468 e. The van der Waals surface area contributed by atoms with E-state index in [1.165, 1.54) is 27.4 Å². The van der Waals surface area contributed by atoms with Gasteiger partial charge in [-0.2, -0.15) is 0 Å². The summed E-state index contributed by atoms with van der Waals surface area (Å²) in [6.07, 6.45) is 1.49. The van der Waals surface area contributed by atoms with Crippen LogP contribution in [0.25, 0.3) is 0 Å². The molecule has 0 amide bonds. The van der Waals surface area contributed by atoms with Crippen molar-refractivity contribution in [2.75, 3.05) is 21.3 Å². The Morgan fingerprint density at radius 3 is 1.96 bits per heavy atom. The summed E-state index contributed by atoms with van der Waals surface area (Å²) < 4.78 is 12.6. The van der Waals surface area contributed by atoms with Crippen molar-refractivity contribution in [2.45, 2.75) is 16.1 Å². The van der Waals surface area contributed by atoms with Crippen LogP contribution in [0.3, 0.4) is 0 Å². The first-order valence-electron chi connectivity index (χ1n) is 6.60. The maximum Gasteiger partial charge on any atom is 0.337 e. The fourth-order valence-corrected chi connectivity index (χ4v) is 3.10. The predicted octanol–water partition coefficient (Wildman–Crippen LogP) is 2.23. The Balaban J connectivity index is 3.18.